The number of methoxy groups -OCH3 is 1. The highest BCUT2D eigenvalue weighted by atomic mass is 16.5. The lowest BCUT2D eigenvalue weighted by Gasteiger charge is -2.18. The van der Waals surface area contributed by atoms with Crippen molar-refractivity contribution in [3.05, 3.63) is 48.4 Å². The van der Waals surface area contributed by atoms with Gasteiger partial charge in [-0.3, -0.25) is 9.59 Å². The van der Waals surface area contributed by atoms with Crippen molar-refractivity contribution in [3.63, 3.8) is 0 Å². The molecule has 192 valence electrons. The molecule has 2 aliphatic rings. The number of aliphatic hydroxyl groups is 1. The summed E-state index contributed by atoms with van der Waals surface area (Å²) in [6.45, 7) is -1.46. The minimum absolute atomic E-state index is 0.0404. The van der Waals surface area contributed by atoms with Crippen LogP contribution < -0.4 is 25.6 Å². The van der Waals surface area contributed by atoms with E-state index in [1.165, 1.54) is 19.4 Å². The smallest absolute Gasteiger partial charge is 0.254 e. The fourth-order valence-corrected chi connectivity index (χ4v) is 4.23. The first-order valence-electron chi connectivity index (χ1n) is 13.4. The molecule has 0 radical (unpaired) electrons. The third kappa shape index (κ3) is 5.31. The lowest BCUT2D eigenvalue weighted by Crippen LogP contribution is -2.21. The minimum atomic E-state index is -2.71. The van der Waals surface area contributed by atoms with Gasteiger partial charge in [-0.05, 0) is 31.4 Å². The average Bonchev–Trinajstić information content (AvgIpc) is 3.68. The third-order valence-corrected chi connectivity index (χ3v) is 6.36. The van der Waals surface area contributed by atoms with Gasteiger partial charge in [-0.25, -0.2) is 15.0 Å². The van der Waals surface area contributed by atoms with Crippen LogP contribution in [0.3, 0.4) is 0 Å². The van der Waals surface area contributed by atoms with Crippen molar-refractivity contribution in [2.75, 3.05) is 42.7 Å². The molecule has 2 amide bonds. The second-order valence-corrected chi connectivity index (χ2v) is 9.00. The van der Waals surface area contributed by atoms with Gasteiger partial charge in [0.2, 0.25) is 5.91 Å². The molecule has 3 aromatic rings. The van der Waals surface area contributed by atoms with Gasteiger partial charge in [0.1, 0.15) is 5.82 Å². The van der Waals surface area contributed by atoms with E-state index < -0.39 is 12.9 Å². The highest BCUT2D eigenvalue weighted by molar-refractivity contribution is 6.01. The largest absolute Gasteiger partial charge is 0.494 e. The Kier molecular flexibility index (Phi) is 5.87. The molecule has 1 unspecified atom stereocenters. The molecule has 1 atom stereocenters. The second kappa shape index (κ2) is 10.4. The number of ether oxygens (including phenoxy) is 1. The Hall–Kier alpha value is -4.25. The predicted octanol–water partition coefficient (Wildman–Crippen LogP) is 2.57. The Balaban J connectivity index is 1.46. The maximum absolute atomic E-state index is 12.8. The number of nitrogens with one attached hydrogen (secondary N) is 3. The van der Waals surface area contributed by atoms with E-state index >= 15 is 0 Å². The zero-order valence-corrected chi connectivity index (χ0v) is 20.2. The molecule has 4 N–H and O–H groups in total. The van der Waals surface area contributed by atoms with E-state index in [2.05, 4.69) is 25.6 Å². The molecule has 1 aliphatic carbocycles. The maximum atomic E-state index is 12.8. The summed E-state index contributed by atoms with van der Waals surface area (Å²) in [5.41, 5.74) is 1.99. The number of pyridine rings is 1. The monoisotopic (exact) mass is 506 g/mol. The summed E-state index contributed by atoms with van der Waals surface area (Å²) < 4.78 is 27.9. The number of hydrogen-bond donors (Lipinski definition) is 4. The van der Waals surface area contributed by atoms with Crippen LogP contribution in [0.25, 0.3) is 11.4 Å². The Morgan fingerprint density at radius 3 is 2.62 bits per heavy atom. The Bertz CT molecular complexity index is 1410. The highest BCUT2D eigenvalue weighted by Crippen LogP contribution is 2.38. The van der Waals surface area contributed by atoms with Gasteiger partial charge in [0.15, 0.2) is 11.6 Å². The summed E-state index contributed by atoms with van der Waals surface area (Å²) in [5.74, 6) is -0.0925. The molecular weight excluding hydrogens is 474 g/mol. The van der Waals surface area contributed by atoms with Crippen molar-refractivity contribution in [1.29, 1.82) is 0 Å². The highest BCUT2D eigenvalue weighted by Gasteiger charge is 2.30. The van der Waals surface area contributed by atoms with E-state index in [9.17, 15) is 14.7 Å². The number of amides is 2. The molecule has 1 saturated carbocycles. The Labute approximate surface area is 218 Å². The first-order valence-corrected chi connectivity index (χ1v) is 11.9. The van der Waals surface area contributed by atoms with E-state index in [1.54, 1.807) is 30.6 Å². The molecule has 0 spiro atoms. The van der Waals surface area contributed by atoms with Crippen LogP contribution in [-0.2, 0) is 4.79 Å². The van der Waals surface area contributed by atoms with Gasteiger partial charge in [0.25, 0.3) is 5.91 Å². The minimum Gasteiger partial charge on any atom is -0.494 e. The summed E-state index contributed by atoms with van der Waals surface area (Å²) in [6.07, 6.45) is 6.52. The topological polar surface area (TPSA) is 142 Å². The van der Waals surface area contributed by atoms with E-state index in [4.69, 9.17) is 8.85 Å². The van der Waals surface area contributed by atoms with Gasteiger partial charge in [-0.1, -0.05) is 6.07 Å². The van der Waals surface area contributed by atoms with Gasteiger partial charge in [0, 0.05) is 42.4 Å². The van der Waals surface area contributed by atoms with Crippen molar-refractivity contribution >= 4 is 34.7 Å². The summed E-state index contributed by atoms with van der Waals surface area (Å²) in [4.78, 5) is 40.3. The van der Waals surface area contributed by atoms with E-state index in [0.29, 0.717) is 35.8 Å². The molecule has 11 heteroatoms. The number of aliphatic hydroxyl groups excluding tert-OH is 1. The first kappa shape index (κ1) is 20.9. The van der Waals surface area contributed by atoms with Gasteiger partial charge >= 0.3 is 0 Å². The van der Waals surface area contributed by atoms with Gasteiger partial charge in [0.05, 0.1) is 53.8 Å². The zero-order chi connectivity index (χ0) is 28.4. The molecule has 5 rings (SSSR count). The fraction of sp³-hybridized carbons (Fsp3) is 0.346. The first-order chi connectivity index (χ1) is 19.1. The SMILES string of the molecule is [2H]C([2H])([2H])NC(=O)c1cnc(NC(=O)C2CC2)cc1Nc1cccc(-c2ncc(N3CCC(O)C3)cn2)c1OC. The second-order valence-electron chi connectivity index (χ2n) is 9.00. The molecule has 3 heterocycles. The number of hydrogen-bond acceptors (Lipinski definition) is 9. The summed E-state index contributed by atoms with van der Waals surface area (Å²) in [6, 6.07) is 6.73. The van der Waals surface area contributed by atoms with Crippen LogP contribution in [-0.4, -0.2) is 65.2 Å². The fourth-order valence-electron chi connectivity index (χ4n) is 4.23. The standard InChI is InChI=1S/C26H29N7O4/c1-27-26(36)19-13-28-22(32-25(35)15-6-7-15)10-21(19)31-20-5-3-4-18(23(20)37-2)24-29-11-16(12-30-24)33-9-8-17(34)14-33/h3-5,10-13,15,17,34H,6-9,14H2,1-2H3,(H,27,36)(H2,28,31,32,35)/i1D3. The van der Waals surface area contributed by atoms with Crippen LogP contribution >= 0.6 is 0 Å². The predicted molar refractivity (Wildman–Crippen MR) is 139 cm³/mol. The van der Waals surface area contributed by atoms with Crippen LogP contribution in [0, 0.1) is 5.92 Å². The molecule has 11 nitrogen and oxygen atoms in total. The average molecular weight is 507 g/mol. The number of para-hydroxylation sites is 1. The number of carbonyl (C=O) groups is 2. The number of benzene rings is 1. The van der Waals surface area contributed by atoms with E-state index in [-0.39, 0.29) is 35.0 Å². The molecule has 1 aliphatic heterocycles. The quantitative estimate of drug-likeness (QED) is 0.363. The summed E-state index contributed by atoms with van der Waals surface area (Å²) in [7, 11) is 1.49. The number of anilines is 4. The molecule has 1 saturated heterocycles. The number of rotatable bonds is 8. The van der Waals surface area contributed by atoms with Crippen molar-refractivity contribution in [2.45, 2.75) is 25.4 Å². The van der Waals surface area contributed by atoms with Crippen LogP contribution in [0.4, 0.5) is 22.9 Å². The normalized spacial score (nSPS) is 18.4. The molecule has 2 fully saturated rings. The van der Waals surface area contributed by atoms with Crippen LogP contribution in [0.15, 0.2) is 42.9 Å². The van der Waals surface area contributed by atoms with Crippen LogP contribution in [0.5, 0.6) is 5.75 Å². The van der Waals surface area contributed by atoms with Crippen molar-refractivity contribution in [3.8, 4) is 17.1 Å². The molecule has 0 bridgehead atoms. The Morgan fingerprint density at radius 1 is 1.14 bits per heavy atom. The van der Waals surface area contributed by atoms with E-state index in [1.807, 2.05) is 10.2 Å². The van der Waals surface area contributed by atoms with Crippen molar-refractivity contribution < 1.29 is 23.5 Å². The number of β-amino-alcohol motifs (C(OH)–C–C–N with tert-alkyl or cyclic N) is 1. The lowest BCUT2D eigenvalue weighted by molar-refractivity contribution is -0.117. The lowest BCUT2D eigenvalue weighted by atomic mass is 10.1. The molecule has 2 aromatic heterocycles. The molecule has 1 aromatic carbocycles. The van der Waals surface area contributed by atoms with E-state index in [0.717, 1.165) is 25.1 Å². The van der Waals surface area contributed by atoms with Crippen molar-refractivity contribution in [2.24, 2.45) is 5.92 Å². The Morgan fingerprint density at radius 2 is 1.95 bits per heavy atom. The number of carbonyl (C=O) groups excluding carboxylic acids is 2. The third-order valence-electron chi connectivity index (χ3n) is 6.36. The van der Waals surface area contributed by atoms with Crippen LogP contribution in [0.1, 0.15) is 33.7 Å². The van der Waals surface area contributed by atoms with Gasteiger partial charge in [-0.2, -0.15) is 0 Å². The zero-order valence-electron chi connectivity index (χ0n) is 23.2. The molecular formula is C26H29N7O4. The summed E-state index contributed by atoms with van der Waals surface area (Å²) in [5, 5.41) is 17.7. The number of nitrogens with zero attached hydrogens (tertiary/aromatic N) is 4. The summed E-state index contributed by atoms with van der Waals surface area (Å²) >= 11 is 0. The number of aromatic nitrogens is 3. The van der Waals surface area contributed by atoms with Crippen molar-refractivity contribution in [1.82, 2.24) is 20.3 Å². The van der Waals surface area contributed by atoms with Gasteiger partial charge < -0.3 is 30.7 Å². The van der Waals surface area contributed by atoms with Gasteiger partial charge in [-0.15, -0.1) is 0 Å². The maximum Gasteiger partial charge on any atom is 0.254 e. The molecule has 37 heavy (non-hydrogen) atoms. The van der Waals surface area contributed by atoms with Crippen LogP contribution in [0.2, 0.25) is 0 Å².